The van der Waals surface area contributed by atoms with Crippen LogP contribution in [0.1, 0.15) is 29.0 Å². The minimum absolute atomic E-state index is 0.0602. The summed E-state index contributed by atoms with van der Waals surface area (Å²) in [5.41, 5.74) is 1.76. The molecule has 0 saturated carbocycles. The van der Waals surface area contributed by atoms with E-state index in [4.69, 9.17) is 4.74 Å². The van der Waals surface area contributed by atoms with Gasteiger partial charge in [-0.2, -0.15) is 0 Å². The molecule has 2 aromatic carbocycles. The first-order valence-electron chi connectivity index (χ1n) is 8.77. The van der Waals surface area contributed by atoms with E-state index in [2.05, 4.69) is 5.32 Å². The summed E-state index contributed by atoms with van der Waals surface area (Å²) in [6.07, 6.45) is 0.125. The van der Waals surface area contributed by atoms with E-state index in [1.165, 1.54) is 7.11 Å². The predicted octanol–water partition coefficient (Wildman–Crippen LogP) is 3.31. The Labute approximate surface area is 156 Å². The van der Waals surface area contributed by atoms with E-state index in [-0.39, 0.29) is 42.4 Å². The molecular weight excluding hydrogens is 352 g/mol. The third-order valence-corrected chi connectivity index (χ3v) is 4.95. The van der Waals surface area contributed by atoms with Crippen molar-refractivity contribution in [1.29, 1.82) is 0 Å². The largest absolute Gasteiger partial charge is 0.497 e. The molecule has 1 heterocycles. The Hall–Kier alpha value is -2.76. The van der Waals surface area contributed by atoms with Crippen LogP contribution >= 0.6 is 0 Å². The van der Waals surface area contributed by atoms with Gasteiger partial charge in [-0.15, -0.1) is 0 Å². The minimum Gasteiger partial charge on any atom is -0.497 e. The number of Topliss-reactive ketones (excluding diaryl/α,β-unsaturated/α-hetero) is 1. The van der Waals surface area contributed by atoms with Crippen molar-refractivity contribution in [3.8, 4) is 5.75 Å². The summed E-state index contributed by atoms with van der Waals surface area (Å²) in [6, 6.07) is 9.73. The van der Waals surface area contributed by atoms with E-state index < -0.39 is 23.5 Å². The molecule has 0 radical (unpaired) electrons. The van der Waals surface area contributed by atoms with Crippen LogP contribution in [0.25, 0.3) is 0 Å². The second-order valence-electron chi connectivity index (χ2n) is 6.87. The van der Waals surface area contributed by atoms with Gasteiger partial charge in [0.15, 0.2) is 0 Å². The molecule has 1 aliphatic rings. The average Bonchev–Trinajstić information content (AvgIpc) is 2.97. The quantitative estimate of drug-likeness (QED) is 0.845. The highest BCUT2D eigenvalue weighted by molar-refractivity contribution is 5.90. The van der Waals surface area contributed by atoms with Crippen LogP contribution in [0.2, 0.25) is 0 Å². The summed E-state index contributed by atoms with van der Waals surface area (Å²) in [4.78, 5) is 24.7. The van der Waals surface area contributed by atoms with Crippen LogP contribution in [-0.2, 0) is 16.0 Å². The number of ether oxygens (including phenoxy) is 1. The molecule has 1 amide bonds. The lowest BCUT2D eigenvalue weighted by Gasteiger charge is -2.18. The van der Waals surface area contributed by atoms with E-state index in [1.54, 1.807) is 0 Å². The molecule has 1 aliphatic heterocycles. The zero-order valence-corrected chi connectivity index (χ0v) is 15.2. The van der Waals surface area contributed by atoms with Crippen LogP contribution in [0, 0.1) is 24.5 Å². The van der Waals surface area contributed by atoms with Crippen LogP contribution in [0.4, 0.5) is 8.78 Å². The molecule has 2 atom stereocenters. The molecule has 1 saturated heterocycles. The third kappa shape index (κ3) is 4.15. The maximum atomic E-state index is 14.4. The standard InChI is InChI=1S/C21H21F2NO3/c1-12-3-5-13(6-4-12)7-14(25)8-16-17(11-24-21(16)26)20-18(22)9-15(27-2)10-19(20)23/h3-6,9-10,16-17H,7-8,11H2,1-2H3,(H,24,26)/t16-,17+/m0/s1. The fourth-order valence-electron chi connectivity index (χ4n) is 3.49. The van der Waals surface area contributed by atoms with E-state index in [0.717, 1.165) is 23.3 Å². The normalized spacial score (nSPS) is 19.0. The van der Waals surface area contributed by atoms with Gasteiger partial charge in [0.25, 0.3) is 0 Å². The molecule has 0 spiro atoms. The lowest BCUT2D eigenvalue weighted by molar-refractivity contribution is -0.127. The molecule has 3 rings (SSSR count). The Morgan fingerprint density at radius 3 is 2.41 bits per heavy atom. The topological polar surface area (TPSA) is 55.4 Å². The van der Waals surface area contributed by atoms with Crippen molar-refractivity contribution >= 4 is 11.7 Å². The molecule has 6 heteroatoms. The van der Waals surface area contributed by atoms with Crippen LogP contribution in [0.5, 0.6) is 5.75 Å². The van der Waals surface area contributed by atoms with Crippen molar-refractivity contribution in [2.45, 2.75) is 25.7 Å². The highest BCUT2D eigenvalue weighted by Crippen LogP contribution is 2.36. The van der Waals surface area contributed by atoms with Gasteiger partial charge in [-0.3, -0.25) is 9.59 Å². The van der Waals surface area contributed by atoms with Gasteiger partial charge >= 0.3 is 0 Å². The summed E-state index contributed by atoms with van der Waals surface area (Å²) < 4.78 is 33.7. The van der Waals surface area contributed by atoms with Gasteiger partial charge in [-0.05, 0) is 12.5 Å². The Morgan fingerprint density at radius 2 is 1.81 bits per heavy atom. The lowest BCUT2D eigenvalue weighted by Crippen LogP contribution is -2.23. The third-order valence-electron chi connectivity index (χ3n) is 4.95. The number of aryl methyl sites for hydroxylation is 1. The maximum absolute atomic E-state index is 14.4. The molecule has 0 bridgehead atoms. The number of nitrogens with one attached hydrogen (secondary N) is 1. The van der Waals surface area contributed by atoms with Crippen molar-refractivity contribution in [1.82, 2.24) is 5.32 Å². The first-order chi connectivity index (χ1) is 12.9. The van der Waals surface area contributed by atoms with Crippen LogP contribution in [0.3, 0.4) is 0 Å². The monoisotopic (exact) mass is 373 g/mol. The molecule has 0 aromatic heterocycles. The van der Waals surface area contributed by atoms with Gasteiger partial charge in [0.05, 0.1) is 13.0 Å². The van der Waals surface area contributed by atoms with Gasteiger partial charge in [0.2, 0.25) is 5.91 Å². The second-order valence-corrected chi connectivity index (χ2v) is 6.87. The van der Waals surface area contributed by atoms with Crippen molar-refractivity contribution in [3.63, 3.8) is 0 Å². The molecule has 1 N–H and O–H groups in total. The number of rotatable bonds is 6. The molecule has 2 aromatic rings. The van der Waals surface area contributed by atoms with Crippen molar-refractivity contribution in [2.24, 2.45) is 5.92 Å². The molecule has 1 fully saturated rings. The number of hydrogen-bond acceptors (Lipinski definition) is 3. The summed E-state index contributed by atoms with van der Waals surface area (Å²) in [6.45, 7) is 2.05. The minimum atomic E-state index is -0.791. The Kier molecular flexibility index (Phi) is 5.54. The first kappa shape index (κ1) is 19.0. The lowest BCUT2D eigenvalue weighted by atomic mass is 9.84. The number of hydrogen-bond donors (Lipinski definition) is 1. The summed E-state index contributed by atoms with van der Waals surface area (Å²) in [7, 11) is 1.32. The van der Waals surface area contributed by atoms with Crippen molar-refractivity contribution < 1.29 is 23.1 Å². The van der Waals surface area contributed by atoms with Gasteiger partial charge in [0.1, 0.15) is 23.2 Å². The average molecular weight is 373 g/mol. The zero-order chi connectivity index (χ0) is 19.6. The molecular formula is C21H21F2NO3. The SMILES string of the molecule is COc1cc(F)c([C@@H]2CNC(=O)[C@H]2CC(=O)Cc2ccc(C)cc2)c(F)c1. The molecule has 0 aliphatic carbocycles. The predicted molar refractivity (Wildman–Crippen MR) is 96.7 cm³/mol. The molecule has 4 nitrogen and oxygen atoms in total. The van der Waals surface area contributed by atoms with E-state index in [9.17, 15) is 18.4 Å². The highest BCUT2D eigenvalue weighted by Gasteiger charge is 2.39. The number of amides is 1. The number of benzene rings is 2. The summed E-state index contributed by atoms with van der Waals surface area (Å²) >= 11 is 0. The van der Waals surface area contributed by atoms with Gasteiger partial charge in [-0.1, -0.05) is 29.8 Å². The Bertz CT molecular complexity index is 841. The van der Waals surface area contributed by atoms with Gasteiger partial charge < -0.3 is 10.1 Å². The molecule has 27 heavy (non-hydrogen) atoms. The number of carbonyl (C=O) groups excluding carboxylic acids is 2. The number of halogens is 2. The zero-order valence-electron chi connectivity index (χ0n) is 15.2. The van der Waals surface area contributed by atoms with Gasteiger partial charge in [-0.25, -0.2) is 8.78 Å². The van der Waals surface area contributed by atoms with Crippen molar-refractivity contribution in [3.05, 3.63) is 64.7 Å². The van der Waals surface area contributed by atoms with E-state index in [1.807, 2.05) is 31.2 Å². The number of ketones is 1. The first-order valence-corrected chi connectivity index (χ1v) is 8.77. The molecule has 142 valence electrons. The maximum Gasteiger partial charge on any atom is 0.224 e. The fraction of sp³-hybridized carbons (Fsp3) is 0.333. The van der Waals surface area contributed by atoms with E-state index in [0.29, 0.717) is 0 Å². The summed E-state index contributed by atoms with van der Waals surface area (Å²) in [5, 5.41) is 2.62. The second kappa shape index (κ2) is 7.86. The number of carbonyl (C=O) groups is 2. The summed E-state index contributed by atoms with van der Waals surface area (Å²) in [5.74, 6) is -3.50. The van der Waals surface area contributed by atoms with Crippen LogP contribution < -0.4 is 10.1 Å². The van der Waals surface area contributed by atoms with Crippen LogP contribution in [-0.4, -0.2) is 25.3 Å². The smallest absolute Gasteiger partial charge is 0.224 e. The number of methoxy groups -OCH3 is 1. The fourth-order valence-corrected chi connectivity index (χ4v) is 3.49. The van der Waals surface area contributed by atoms with Crippen molar-refractivity contribution in [2.75, 3.05) is 13.7 Å². The Balaban J connectivity index is 1.78. The highest BCUT2D eigenvalue weighted by atomic mass is 19.1. The molecule has 0 unspecified atom stereocenters. The Morgan fingerprint density at radius 1 is 1.19 bits per heavy atom. The van der Waals surface area contributed by atoms with Crippen LogP contribution in [0.15, 0.2) is 36.4 Å². The van der Waals surface area contributed by atoms with Gasteiger partial charge in [0, 0.05) is 43.0 Å². The van der Waals surface area contributed by atoms with E-state index >= 15 is 0 Å².